The standard InChI is InChI=1S/C15H17F3N2/c16-15(17,18)11-1-3-12(4-2-11)20-13-5-6-14-10(9-13)7-8-19-14/h5-9,11-12,19-20H,1-4H2. The Bertz CT molecular complexity index is 580. The molecule has 0 radical (unpaired) electrons. The van der Waals surface area contributed by atoms with Crippen LogP contribution in [-0.4, -0.2) is 17.2 Å². The maximum absolute atomic E-state index is 12.6. The number of H-pyrrole nitrogens is 1. The third-order valence-electron chi connectivity index (χ3n) is 4.11. The maximum Gasteiger partial charge on any atom is 0.391 e. The van der Waals surface area contributed by atoms with E-state index in [0.717, 1.165) is 16.6 Å². The van der Waals surface area contributed by atoms with E-state index < -0.39 is 12.1 Å². The van der Waals surface area contributed by atoms with Gasteiger partial charge in [-0.25, -0.2) is 0 Å². The van der Waals surface area contributed by atoms with Crippen LogP contribution >= 0.6 is 0 Å². The van der Waals surface area contributed by atoms with Gasteiger partial charge >= 0.3 is 6.18 Å². The molecule has 0 aliphatic heterocycles. The molecule has 5 heteroatoms. The molecule has 2 aromatic rings. The van der Waals surface area contributed by atoms with Crippen molar-refractivity contribution in [1.82, 2.24) is 4.98 Å². The first-order chi connectivity index (χ1) is 9.52. The van der Waals surface area contributed by atoms with Gasteiger partial charge in [0.15, 0.2) is 0 Å². The monoisotopic (exact) mass is 282 g/mol. The molecule has 1 aromatic heterocycles. The topological polar surface area (TPSA) is 27.8 Å². The molecule has 0 amide bonds. The fraction of sp³-hybridized carbons (Fsp3) is 0.467. The summed E-state index contributed by atoms with van der Waals surface area (Å²) in [7, 11) is 0. The molecule has 108 valence electrons. The molecule has 0 saturated heterocycles. The average molecular weight is 282 g/mol. The average Bonchev–Trinajstić information content (AvgIpc) is 2.86. The third-order valence-corrected chi connectivity index (χ3v) is 4.11. The van der Waals surface area contributed by atoms with Crippen LogP contribution in [0.1, 0.15) is 25.7 Å². The highest BCUT2D eigenvalue weighted by Gasteiger charge is 2.41. The van der Waals surface area contributed by atoms with Gasteiger partial charge in [0.05, 0.1) is 5.92 Å². The normalized spacial score (nSPS) is 23.9. The predicted octanol–water partition coefficient (Wildman–Crippen LogP) is 4.70. The fourth-order valence-electron chi connectivity index (χ4n) is 2.94. The molecular formula is C15H17F3N2. The summed E-state index contributed by atoms with van der Waals surface area (Å²) in [6.45, 7) is 0. The molecule has 0 spiro atoms. The Labute approximate surface area is 115 Å². The Morgan fingerprint density at radius 3 is 2.50 bits per heavy atom. The van der Waals surface area contributed by atoms with Crippen molar-refractivity contribution in [1.29, 1.82) is 0 Å². The van der Waals surface area contributed by atoms with Crippen molar-refractivity contribution in [3.05, 3.63) is 30.5 Å². The first-order valence-corrected chi connectivity index (χ1v) is 6.93. The van der Waals surface area contributed by atoms with E-state index in [1.54, 1.807) is 0 Å². The molecule has 2 N–H and O–H groups in total. The summed E-state index contributed by atoms with van der Waals surface area (Å²) >= 11 is 0. The first kappa shape index (κ1) is 13.3. The lowest BCUT2D eigenvalue weighted by molar-refractivity contribution is -0.182. The number of benzene rings is 1. The number of alkyl halides is 3. The molecule has 1 aromatic carbocycles. The van der Waals surface area contributed by atoms with Gasteiger partial charge in [-0.3, -0.25) is 0 Å². The highest BCUT2D eigenvalue weighted by atomic mass is 19.4. The van der Waals surface area contributed by atoms with Crippen LogP contribution in [0.3, 0.4) is 0 Å². The Morgan fingerprint density at radius 2 is 1.80 bits per heavy atom. The van der Waals surface area contributed by atoms with Crippen LogP contribution < -0.4 is 5.32 Å². The SMILES string of the molecule is FC(F)(F)C1CCC(Nc2ccc3[nH]ccc3c2)CC1. The van der Waals surface area contributed by atoms with Crippen molar-refractivity contribution in [2.45, 2.75) is 37.9 Å². The Hall–Kier alpha value is -1.65. The zero-order valence-corrected chi connectivity index (χ0v) is 11.0. The molecule has 1 saturated carbocycles. The minimum absolute atomic E-state index is 0.144. The summed E-state index contributed by atoms with van der Waals surface area (Å²) in [4.78, 5) is 3.12. The molecule has 3 rings (SSSR count). The van der Waals surface area contributed by atoms with Gasteiger partial charge in [-0.1, -0.05) is 0 Å². The number of fused-ring (bicyclic) bond motifs is 1. The van der Waals surface area contributed by atoms with E-state index in [1.165, 1.54) is 0 Å². The molecule has 1 aliphatic rings. The van der Waals surface area contributed by atoms with Gasteiger partial charge in [0.1, 0.15) is 0 Å². The second-order valence-electron chi connectivity index (χ2n) is 5.51. The Morgan fingerprint density at radius 1 is 1.05 bits per heavy atom. The lowest BCUT2D eigenvalue weighted by atomic mass is 9.85. The van der Waals surface area contributed by atoms with Crippen LogP contribution in [0.2, 0.25) is 0 Å². The van der Waals surface area contributed by atoms with Gasteiger partial charge < -0.3 is 10.3 Å². The summed E-state index contributed by atoms with van der Waals surface area (Å²) in [6, 6.07) is 8.11. The highest BCUT2D eigenvalue weighted by molar-refractivity contribution is 5.83. The maximum atomic E-state index is 12.6. The summed E-state index contributed by atoms with van der Waals surface area (Å²) in [5.74, 6) is -1.12. The number of nitrogens with one attached hydrogen (secondary N) is 2. The van der Waals surface area contributed by atoms with Crippen LogP contribution in [0.4, 0.5) is 18.9 Å². The molecule has 20 heavy (non-hydrogen) atoms. The molecule has 1 fully saturated rings. The summed E-state index contributed by atoms with van der Waals surface area (Å²) in [5.41, 5.74) is 2.05. The number of anilines is 1. The summed E-state index contributed by atoms with van der Waals surface area (Å²) < 4.78 is 37.8. The molecule has 0 bridgehead atoms. The molecule has 2 nitrogen and oxygen atoms in total. The number of halogens is 3. The van der Waals surface area contributed by atoms with Crippen LogP contribution in [0.25, 0.3) is 10.9 Å². The lowest BCUT2D eigenvalue weighted by Gasteiger charge is -2.30. The van der Waals surface area contributed by atoms with Crippen LogP contribution in [0.5, 0.6) is 0 Å². The van der Waals surface area contributed by atoms with Gasteiger partial charge in [0, 0.05) is 28.8 Å². The zero-order chi connectivity index (χ0) is 14.2. The van der Waals surface area contributed by atoms with Gasteiger partial charge in [0.2, 0.25) is 0 Å². The van der Waals surface area contributed by atoms with Gasteiger partial charge in [-0.2, -0.15) is 13.2 Å². The molecule has 0 atom stereocenters. The van der Waals surface area contributed by atoms with E-state index in [9.17, 15) is 13.2 Å². The Balaban J connectivity index is 1.62. The second-order valence-corrected chi connectivity index (χ2v) is 5.51. The van der Waals surface area contributed by atoms with Crippen LogP contribution in [0.15, 0.2) is 30.5 Å². The summed E-state index contributed by atoms with van der Waals surface area (Å²) in [6.07, 6.45) is -0.538. The van der Waals surface area contributed by atoms with Crippen molar-refractivity contribution in [2.24, 2.45) is 5.92 Å². The largest absolute Gasteiger partial charge is 0.391 e. The van der Waals surface area contributed by atoms with E-state index in [1.807, 2.05) is 30.5 Å². The minimum Gasteiger partial charge on any atom is -0.382 e. The first-order valence-electron chi connectivity index (χ1n) is 6.93. The number of hydrogen-bond acceptors (Lipinski definition) is 1. The lowest BCUT2D eigenvalue weighted by Crippen LogP contribution is -2.32. The molecular weight excluding hydrogens is 265 g/mol. The molecule has 0 unspecified atom stereocenters. The van der Waals surface area contributed by atoms with E-state index in [0.29, 0.717) is 12.8 Å². The smallest absolute Gasteiger partial charge is 0.382 e. The van der Waals surface area contributed by atoms with E-state index in [-0.39, 0.29) is 18.9 Å². The van der Waals surface area contributed by atoms with Crippen LogP contribution in [0, 0.1) is 5.92 Å². The minimum atomic E-state index is -4.03. The van der Waals surface area contributed by atoms with Gasteiger partial charge in [-0.15, -0.1) is 0 Å². The van der Waals surface area contributed by atoms with Crippen molar-refractivity contribution in [2.75, 3.05) is 5.32 Å². The van der Waals surface area contributed by atoms with E-state index in [2.05, 4.69) is 10.3 Å². The molecule has 1 heterocycles. The third kappa shape index (κ3) is 2.76. The van der Waals surface area contributed by atoms with Crippen molar-refractivity contribution < 1.29 is 13.2 Å². The Kier molecular flexibility index (Phi) is 3.36. The number of aromatic amines is 1. The van der Waals surface area contributed by atoms with Gasteiger partial charge in [0.25, 0.3) is 0 Å². The number of hydrogen-bond donors (Lipinski definition) is 2. The quantitative estimate of drug-likeness (QED) is 0.821. The summed E-state index contributed by atoms with van der Waals surface area (Å²) in [5, 5.41) is 4.46. The zero-order valence-electron chi connectivity index (χ0n) is 11.0. The van der Waals surface area contributed by atoms with Gasteiger partial charge in [-0.05, 0) is 49.9 Å². The highest BCUT2D eigenvalue weighted by Crippen LogP contribution is 2.38. The van der Waals surface area contributed by atoms with Crippen molar-refractivity contribution in [3.8, 4) is 0 Å². The van der Waals surface area contributed by atoms with Crippen molar-refractivity contribution >= 4 is 16.6 Å². The number of rotatable bonds is 2. The van der Waals surface area contributed by atoms with E-state index >= 15 is 0 Å². The second kappa shape index (κ2) is 5.04. The fourth-order valence-corrected chi connectivity index (χ4v) is 2.94. The predicted molar refractivity (Wildman–Crippen MR) is 73.7 cm³/mol. The molecule has 1 aliphatic carbocycles. The van der Waals surface area contributed by atoms with Crippen LogP contribution in [-0.2, 0) is 0 Å². The van der Waals surface area contributed by atoms with Crippen molar-refractivity contribution in [3.63, 3.8) is 0 Å². The number of aromatic nitrogens is 1. The van der Waals surface area contributed by atoms with E-state index in [4.69, 9.17) is 0 Å².